The van der Waals surface area contributed by atoms with Crippen LogP contribution in [0.25, 0.3) is 0 Å². The number of hydrogen-bond donors (Lipinski definition) is 3. The zero-order valence-electron chi connectivity index (χ0n) is 7.98. The highest BCUT2D eigenvalue weighted by Gasteiger charge is 2.02. The molecule has 0 saturated heterocycles. The lowest BCUT2D eigenvalue weighted by atomic mass is 10.6. The molecule has 1 rings (SSSR count). The summed E-state index contributed by atoms with van der Waals surface area (Å²) in [6.07, 6.45) is 0. The average molecular weight is 234 g/mol. The monoisotopic (exact) mass is 233 g/mol. The number of anilines is 2. The van der Waals surface area contributed by atoms with E-state index in [4.69, 9.17) is 27.2 Å². The normalized spacial score (nSPS) is 10.3. The number of hydrogen-bond acceptors (Lipinski definition) is 7. The van der Waals surface area contributed by atoms with Crippen LogP contribution < -0.4 is 11.1 Å². The summed E-state index contributed by atoms with van der Waals surface area (Å²) in [7, 11) is 0. The number of nitrogens with zero attached hydrogens (tertiary/aromatic N) is 3. The molecule has 0 aliphatic carbocycles. The van der Waals surface area contributed by atoms with Crippen LogP contribution in [0.1, 0.15) is 0 Å². The molecule has 0 unspecified atom stereocenters. The van der Waals surface area contributed by atoms with Gasteiger partial charge >= 0.3 is 0 Å². The van der Waals surface area contributed by atoms with Crippen molar-refractivity contribution in [2.45, 2.75) is 0 Å². The van der Waals surface area contributed by atoms with Crippen molar-refractivity contribution >= 4 is 23.4 Å². The SMILES string of the molecule is Nc1nc(NCCOCCO)nnc1Cl. The predicted octanol–water partition coefficient (Wildman–Crippen LogP) is -0.472. The van der Waals surface area contributed by atoms with E-state index in [1.54, 1.807) is 0 Å². The van der Waals surface area contributed by atoms with Gasteiger partial charge in [-0.3, -0.25) is 0 Å². The van der Waals surface area contributed by atoms with Gasteiger partial charge in [0.1, 0.15) is 0 Å². The molecule has 0 fully saturated rings. The zero-order valence-corrected chi connectivity index (χ0v) is 8.74. The minimum absolute atomic E-state index is 0.00590. The summed E-state index contributed by atoms with van der Waals surface area (Å²) in [5, 5.41) is 18.6. The molecule has 4 N–H and O–H groups in total. The first kappa shape index (κ1) is 11.9. The van der Waals surface area contributed by atoms with E-state index in [0.717, 1.165) is 0 Å². The van der Waals surface area contributed by atoms with Crippen LogP contribution >= 0.6 is 11.6 Å². The van der Waals surface area contributed by atoms with E-state index >= 15 is 0 Å². The number of aliphatic hydroxyl groups excluding tert-OH is 1. The summed E-state index contributed by atoms with van der Waals surface area (Å²) in [6, 6.07) is 0. The summed E-state index contributed by atoms with van der Waals surface area (Å²) in [4.78, 5) is 3.85. The van der Waals surface area contributed by atoms with E-state index < -0.39 is 0 Å². The fourth-order valence-electron chi connectivity index (χ4n) is 0.802. The fourth-order valence-corrected chi connectivity index (χ4v) is 0.882. The molecule has 0 atom stereocenters. The van der Waals surface area contributed by atoms with Crippen LogP contribution in [-0.2, 0) is 4.74 Å². The van der Waals surface area contributed by atoms with Gasteiger partial charge in [-0.1, -0.05) is 11.6 Å². The lowest BCUT2D eigenvalue weighted by Crippen LogP contribution is -2.14. The molecule has 0 aliphatic rings. The molecule has 0 aliphatic heterocycles. The van der Waals surface area contributed by atoms with Gasteiger partial charge in [0.25, 0.3) is 0 Å². The number of nitrogen functional groups attached to an aromatic ring is 1. The molecule has 1 heterocycles. The standard InChI is InChI=1S/C7H12ClN5O2/c8-5-6(9)11-7(13-12-5)10-1-3-15-4-2-14/h14H,1-4H2,(H3,9,10,11,13). The number of halogens is 1. The third kappa shape index (κ3) is 4.24. The van der Waals surface area contributed by atoms with Gasteiger partial charge in [-0.05, 0) is 0 Å². The van der Waals surface area contributed by atoms with Crippen molar-refractivity contribution in [3.8, 4) is 0 Å². The van der Waals surface area contributed by atoms with Gasteiger partial charge in [-0.2, -0.15) is 4.98 Å². The number of nitrogens with two attached hydrogens (primary N) is 1. The van der Waals surface area contributed by atoms with Crippen LogP contribution in [-0.4, -0.2) is 46.7 Å². The molecule has 0 amide bonds. The Bertz CT molecular complexity index is 311. The minimum Gasteiger partial charge on any atom is -0.394 e. The van der Waals surface area contributed by atoms with Gasteiger partial charge in [-0.15, -0.1) is 10.2 Å². The third-order valence-corrected chi connectivity index (χ3v) is 1.70. The Morgan fingerprint density at radius 3 is 2.87 bits per heavy atom. The number of aromatic nitrogens is 3. The Hall–Kier alpha value is -1.18. The fraction of sp³-hybridized carbons (Fsp3) is 0.571. The maximum atomic E-state index is 8.44. The molecule has 15 heavy (non-hydrogen) atoms. The molecule has 1 aromatic rings. The van der Waals surface area contributed by atoms with Crippen LogP contribution in [0.15, 0.2) is 0 Å². The summed E-state index contributed by atoms with van der Waals surface area (Å²) < 4.78 is 5.01. The van der Waals surface area contributed by atoms with Gasteiger partial charge < -0.3 is 20.9 Å². The zero-order chi connectivity index (χ0) is 11.1. The first-order valence-electron chi connectivity index (χ1n) is 4.32. The van der Waals surface area contributed by atoms with Crippen molar-refractivity contribution in [3.63, 3.8) is 0 Å². The van der Waals surface area contributed by atoms with Crippen LogP contribution in [0.3, 0.4) is 0 Å². The number of aliphatic hydroxyl groups is 1. The maximum absolute atomic E-state index is 8.44. The van der Waals surface area contributed by atoms with Gasteiger partial charge in [0.15, 0.2) is 11.0 Å². The van der Waals surface area contributed by atoms with Crippen molar-refractivity contribution in [3.05, 3.63) is 5.15 Å². The second-order valence-electron chi connectivity index (χ2n) is 2.57. The first-order valence-corrected chi connectivity index (χ1v) is 4.70. The van der Waals surface area contributed by atoms with Gasteiger partial charge in [0.05, 0.1) is 19.8 Å². The molecule has 0 aromatic carbocycles. The summed E-state index contributed by atoms with van der Waals surface area (Å²) in [5.41, 5.74) is 5.42. The van der Waals surface area contributed by atoms with E-state index in [2.05, 4.69) is 20.5 Å². The van der Waals surface area contributed by atoms with E-state index in [9.17, 15) is 0 Å². The molecular weight excluding hydrogens is 222 g/mol. The molecule has 1 aromatic heterocycles. The molecule has 0 saturated carbocycles. The maximum Gasteiger partial charge on any atom is 0.244 e. The first-order chi connectivity index (χ1) is 7.24. The van der Waals surface area contributed by atoms with Crippen LogP contribution in [0, 0.1) is 0 Å². The Morgan fingerprint density at radius 2 is 2.20 bits per heavy atom. The van der Waals surface area contributed by atoms with E-state index in [1.807, 2.05) is 0 Å². The van der Waals surface area contributed by atoms with Gasteiger partial charge in [0, 0.05) is 6.54 Å². The highest BCUT2D eigenvalue weighted by atomic mass is 35.5. The smallest absolute Gasteiger partial charge is 0.244 e. The number of rotatable bonds is 6. The second kappa shape index (κ2) is 6.33. The molecule has 0 radical (unpaired) electrons. The van der Waals surface area contributed by atoms with Crippen molar-refractivity contribution in [1.29, 1.82) is 0 Å². The highest BCUT2D eigenvalue weighted by molar-refractivity contribution is 6.31. The number of ether oxygens (including phenoxy) is 1. The quantitative estimate of drug-likeness (QED) is 0.570. The Morgan fingerprint density at radius 1 is 1.40 bits per heavy atom. The Balaban J connectivity index is 2.28. The van der Waals surface area contributed by atoms with Crippen LogP contribution in [0.4, 0.5) is 11.8 Å². The second-order valence-corrected chi connectivity index (χ2v) is 2.93. The third-order valence-electron chi connectivity index (χ3n) is 1.44. The Kier molecular flexibility index (Phi) is 5.02. The van der Waals surface area contributed by atoms with Gasteiger partial charge in [0.2, 0.25) is 5.95 Å². The predicted molar refractivity (Wildman–Crippen MR) is 55.6 cm³/mol. The summed E-state index contributed by atoms with van der Waals surface area (Å²) in [6.45, 7) is 1.25. The lowest BCUT2D eigenvalue weighted by molar-refractivity contribution is 0.0991. The molecule has 0 bridgehead atoms. The lowest BCUT2D eigenvalue weighted by Gasteiger charge is -2.04. The van der Waals surface area contributed by atoms with Crippen molar-refractivity contribution in [2.24, 2.45) is 0 Å². The minimum atomic E-state index is 0.00590. The number of nitrogens with one attached hydrogen (secondary N) is 1. The van der Waals surface area contributed by atoms with Crippen molar-refractivity contribution in [1.82, 2.24) is 15.2 Å². The van der Waals surface area contributed by atoms with E-state index in [-0.39, 0.29) is 17.6 Å². The highest BCUT2D eigenvalue weighted by Crippen LogP contribution is 2.11. The van der Waals surface area contributed by atoms with Crippen molar-refractivity contribution < 1.29 is 9.84 Å². The molecule has 7 nitrogen and oxygen atoms in total. The van der Waals surface area contributed by atoms with Crippen molar-refractivity contribution in [2.75, 3.05) is 37.4 Å². The molecular formula is C7H12ClN5O2. The summed E-state index contributed by atoms with van der Waals surface area (Å²) >= 11 is 5.54. The van der Waals surface area contributed by atoms with Crippen LogP contribution in [0.5, 0.6) is 0 Å². The Labute approximate surface area is 91.6 Å². The summed E-state index contributed by atoms with van der Waals surface area (Å²) in [5.74, 6) is 0.426. The molecule has 0 spiro atoms. The molecule has 8 heteroatoms. The topological polar surface area (TPSA) is 106 Å². The van der Waals surface area contributed by atoms with E-state index in [1.165, 1.54) is 0 Å². The average Bonchev–Trinajstić information content (AvgIpc) is 2.23. The molecule has 84 valence electrons. The largest absolute Gasteiger partial charge is 0.394 e. The van der Waals surface area contributed by atoms with E-state index in [0.29, 0.717) is 25.7 Å². The van der Waals surface area contributed by atoms with Crippen LogP contribution in [0.2, 0.25) is 5.15 Å². The van der Waals surface area contributed by atoms with Gasteiger partial charge in [-0.25, -0.2) is 0 Å².